The molecule has 4 heteroatoms. The molecular formula is C11H26N4. The van der Waals surface area contributed by atoms with E-state index in [0.29, 0.717) is 5.92 Å². The Bertz CT molecular complexity index is 177. The van der Waals surface area contributed by atoms with Gasteiger partial charge in [0.05, 0.1) is 0 Å². The molecule has 0 unspecified atom stereocenters. The third-order valence-electron chi connectivity index (χ3n) is 2.20. The number of unbranched alkanes of at least 4 members (excludes halogenated alkanes) is 1. The van der Waals surface area contributed by atoms with E-state index in [-0.39, 0.29) is 0 Å². The van der Waals surface area contributed by atoms with Gasteiger partial charge in [0.15, 0.2) is 0 Å². The molecule has 15 heavy (non-hydrogen) atoms. The number of nitrogens with one attached hydrogen (secondary N) is 1. The summed E-state index contributed by atoms with van der Waals surface area (Å²) >= 11 is 0. The van der Waals surface area contributed by atoms with Crippen LogP contribution in [0.4, 0.5) is 0 Å². The van der Waals surface area contributed by atoms with Crippen LogP contribution in [0.1, 0.15) is 40.5 Å². The lowest BCUT2D eigenvalue weighted by atomic mass is 10.2. The second kappa shape index (κ2) is 8.53. The molecule has 0 heterocycles. The number of nitrogens with two attached hydrogens (primary N) is 1. The number of hydrogen-bond acceptors (Lipinski definition) is 2. The zero-order valence-electron chi connectivity index (χ0n) is 10.6. The van der Waals surface area contributed by atoms with Gasteiger partial charge >= 0.3 is 0 Å². The molecule has 0 fully saturated rings. The van der Waals surface area contributed by atoms with Gasteiger partial charge in [0.1, 0.15) is 0 Å². The monoisotopic (exact) mass is 214 g/mol. The molecule has 3 N–H and O–H groups in total. The highest BCUT2D eigenvalue weighted by Gasteiger charge is 2.06. The largest absolute Gasteiger partial charge is 0.342 e. The normalized spacial score (nSPS) is 12.0. The van der Waals surface area contributed by atoms with Crippen LogP contribution in [0.5, 0.6) is 0 Å². The maximum absolute atomic E-state index is 5.48. The van der Waals surface area contributed by atoms with Gasteiger partial charge in [-0.25, -0.2) is 5.84 Å². The Balaban J connectivity index is 4.25. The zero-order valence-corrected chi connectivity index (χ0v) is 10.6. The van der Waals surface area contributed by atoms with Crippen molar-refractivity contribution in [3.05, 3.63) is 0 Å². The van der Waals surface area contributed by atoms with E-state index in [0.717, 1.165) is 25.6 Å². The fraction of sp³-hybridized carbons (Fsp3) is 0.909. The third-order valence-corrected chi connectivity index (χ3v) is 2.20. The smallest absolute Gasteiger partial charge is 0.208 e. The first kappa shape index (κ1) is 14.2. The van der Waals surface area contributed by atoms with Gasteiger partial charge in [-0.05, 0) is 19.3 Å². The predicted molar refractivity (Wildman–Crippen MR) is 66.6 cm³/mol. The van der Waals surface area contributed by atoms with E-state index in [1.54, 1.807) is 0 Å². The van der Waals surface area contributed by atoms with Crippen LogP contribution in [0.15, 0.2) is 4.99 Å². The van der Waals surface area contributed by atoms with Crippen LogP contribution in [0, 0.1) is 5.92 Å². The summed E-state index contributed by atoms with van der Waals surface area (Å²) in [4.78, 5) is 6.66. The Hall–Kier alpha value is -0.770. The van der Waals surface area contributed by atoms with Crippen molar-refractivity contribution in [1.29, 1.82) is 0 Å². The highest BCUT2D eigenvalue weighted by molar-refractivity contribution is 5.79. The van der Waals surface area contributed by atoms with E-state index in [1.165, 1.54) is 12.8 Å². The molecule has 0 aromatic rings. The molecule has 0 saturated carbocycles. The van der Waals surface area contributed by atoms with Gasteiger partial charge in [0.25, 0.3) is 0 Å². The highest BCUT2D eigenvalue weighted by Crippen LogP contribution is 1.98. The van der Waals surface area contributed by atoms with Crippen molar-refractivity contribution < 1.29 is 0 Å². The van der Waals surface area contributed by atoms with E-state index in [2.05, 4.69) is 43.0 Å². The summed E-state index contributed by atoms with van der Waals surface area (Å²) in [5, 5.41) is 0. The number of rotatable bonds is 6. The van der Waals surface area contributed by atoms with Crippen LogP contribution in [0.2, 0.25) is 0 Å². The summed E-state index contributed by atoms with van der Waals surface area (Å²) in [5.41, 5.74) is 2.69. The lowest BCUT2D eigenvalue weighted by Gasteiger charge is -2.24. The molecule has 0 aromatic heterocycles. The number of hydrogen-bond donors (Lipinski definition) is 2. The van der Waals surface area contributed by atoms with Gasteiger partial charge in [0.2, 0.25) is 5.96 Å². The number of guanidine groups is 1. The summed E-state index contributed by atoms with van der Waals surface area (Å²) in [7, 11) is 0. The molecular weight excluding hydrogens is 188 g/mol. The molecule has 0 rings (SSSR count). The molecule has 0 amide bonds. The van der Waals surface area contributed by atoms with Crippen LogP contribution in [-0.2, 0) is 0 Å². The average Bonchev–Trinajstić information content (AvgIpc) is 2.22. The average molecular weight is 214 g/mol. The third kappa shape index (κ3) is 6.33. The Morgan fingerprint density at radius 1 is 1.40 bits per heavy atom. The standard InChI is InChI=1S/C11H26N4/c1-5-7-8-15(6-2)11(14-12)13-9-10(3)4/h10H,5-9,12H2,1-4H3,(H,13,14). The van der Waals surface area contributed by atoms with Crippen LogP contribution in [0.25, 0.3) is 0 Å². The Kier molecular flexibility index (Phi) is 8.09. The fourth-order valence-electron chi connectivity index (χ4n) is 1.27. The molecule has 0 bridgehead atoms. The molecule has 4 nitrogen and oxygen atoms in total. The quantitative estimate of drug-likeness (QED) is 0.305. The lowest BCUT2D eigenvalue weighted by molar-refractivity contribution is 0.410. The zero-order chi connectivity index (χ0) is 11.7. The van der Waals surface area contributed by atoms with Crippen LogP contribution in [-0.4, -0.2) is 30.5 Å². The van der Waals surface area contributed by atoms with Gasteiger partial charge in [0, 0.05) is 19.6 Å². The molecule has 90 valence electrons. The van der Waals surface area contributed by atoms with Crippen molar-refractivity contribution >= 4 is 5.96 Å². The topological polar surface area (TPSA) is 53.6 Å². The second-order valence-electron chi connectivity index (χ2n) is 4.14. The maximum atomic E-state index is 5.48. The van der Waals surface area contributed by atoms with Crippen molar-refractivity contribution in [1.82, 2.24) is 10.3 Å². The van der Waals surface area contributed by atoms with Gasteiger partial charge in [-0.15, -0.1) is 0 Å². The molecule has 0 radical (unpaired) electrons. The highest BCUT2D eigenvalue weighted by atomic mass is 15.4. The molecule has 0 atom stereocenters. The van der Waals surface area contributed by atoms with E-state index >= 15 is 0 Å². The molecule has 0 aromatic carbocycles. The minimum absolute atomic E-state index is 0.568. The number of hydrazine groups is 1. The van der Waals surface area contributed by atoms with Crippen molar-refractivity contribution in [2.75, 3.05) is 19.6 Å². The molecule has 0 aliphatic heterocycles. The van der Waals surface area contributed by atoms with Crippen molar-refractivity contribution in [3.63, 3.8) is 0 Å². The van der Waals surface area contributed by atoms with Crippen molar-refractivity contribution in [2.45, 2.75) is 40.5 Å². The summed E-state index contributed by atoms with van der Waals surface area (Å²) in [5.74, 6) is 6.87. The van der Waals surface area contributed by atoms with Gasteiger partial charge in [-0.1, -0.05) is 27.2 Å². The first-order valence-corrected chi connectivity index (χ1v) is 5.91. The number of nitrogens with zero attached hydrogens (tertiary/aromatic N) is 2. The molecule has 0 aliphatic carbocycles. The summed E-state index contributed by atoms with van der Waals surface area (Å²) in [6.45, 7) is 11.4. The molecule has 0 saturated heterocycles. The predicted octanol–water partition coefficient (Wildman–Crippen LogP) is 1.58. The minimum Gasteiger partial charge on any atom is -0.342 e. The molecule has 0 spiro atoms. The Morgan fingerprint density at radius 3 is 2.47 bits per heavy atom. The summed E-state index contributed by atoms with van der Waals surface area (Å²) in [6, 6.07) is 0. The van der Waals surface area contributed by atoms with E-state index in [1.807, 2.05) is 0 Å². The maximum Gasteiger partial charge on any atom is 0.208 e. The first-order chi connectivity index (χ1) is 7.15. The fourth-order valence-corrected chi connectivity index (χ4v) is 1.27. The van der Waals surface area contributed by atoms with Gasteiger partial charge < -0.3 is 4.90 Å². The Labute approximate surface area is 93.9 Å². The van der Waals surface area contributed by atoms with Crippen LogP contribution < -0.4 is 11.3 Å². The van der Waals surface area contributed by atoms with E-state index < -0.39 is 0 Å². The summed E-state index contributed by atoms with van der Waals surface area (Å²) in [6.07, 6.45) is 2.37. The Morgan fingerprint density at radius 2 is 2.07 bits per heavy atom. The lowest BCUT2D eigenvalue weighted by Crippen LogP contribution is -2.45. The van der Waals surface area contributed by atoms with Gasteiger partial charge in [-0.3, -0.25) is 10.4 Å². The van der Waals surface area contributed by atoms with Crippen molar-refractivity contribution in [2.24, 2.45) is 16.8 Å². The van der Waals surface area contributed by atoms with Crippen LogP contribution in [0.3, 0.4) is 0 Å². The van der Waals surface area contributed by atoms with Gasteiger partial charge in [-0.2, -0.15) is 0 Å². The van der Waals surface area contributed by atoms with Crippen molar-refractivity contribution in [3.8, 4) is 0 Å². The minimum atomic E-state index is 0.568. The molecule has 0 aliphatic rings. The first-order valence-electron chi connectivity index (χ1n) is 5.91. The van der Waals surface area contributed by atoms with E-state index in [4.69, 9.17) is 5.84 Å². The van der Waals surface area contributed by atoms with Crippen LogP contribution >= 0.6 is 0 Å². The number of aliphatic imine (C=N–C) groups is 1. The van der Waals surface area contributed by atoms with E-state index in [9.17, 15) is 0 Å². The summed E-state index contributed by atoms with van der Waals surface area (Å²) < 4.78 is 0. The SMILES string of the molecule is CCCCN(CC)C(=NCC(C)C)NN. The second-order valence-corrected chi connectivity index (χ2v) is 4.14.